The number of unbranched alkanes of at least 4 members (excludes halogenated alkanes) is 1. The van der Waals surface area contributed by atoms with Gasteiger partial charge in [0.1, 0.15) is 5.25 Å². The van der Waals surface area contributed by atoms with E-state index in [9.17, 15) is 9.00 Å². The molecule has 0 aromatic heterocycles. The molecule has 0 amide bonds. The molecule has 0 heterocycles. The van der Waals surface area contributed by atoms with Crippen molar-refractivity contribution in [1.82, 2.24) is 0 Å². The molecule has 88 valence electrons. The van der Waals surface area contributed by atoms with Gasteiger partial charge >= 0.3 is 5.97 Å². The Hall–Kier alpha value is -0.380. The molecule has 3 nitrogen and oxygen atoms in total. The van der Waals surface area contributed by atoms with Crippen LogP contribution >= 0.6 is 0 Å². The first-order chi connectivity index (χ1) is 7.16. The van der Waals surface area contributed by atoms with Crippen molar-refractivity contribution in [2.75, 3.05) is 0 Å². The topological polar surface area (TPSA) is 54.4 Å². The van der Waals surface area contributed by atoms with Crippen molar-refractivity contribution in [3.05, 3.63) is 0 Å². The summed E-state index contributed by atoms with van der Waals surface area (Å²) in [6, 6.07) is 0. The largest absolute Gasteiger partial charge is 0.480 e. The number of hydrogen-bond donors (Lipinski definition) is 1. The molecule has 2 unspecified atom stereocenters. The van der Waals surface area contributed by atoms with Gasteiger partial charge in [0.2, 0.25) is 0 Å². The number of rotatable bonds is 6. The molecule has 1 saturated carbocycles. The van der Waals surface area contributed by atoms with Gasteiger partial charge in [0, 0.05) is 16.0 Å². The minimum Gasteiger partial charge on any atom is -0.480 e. The molecule has 0 spiro atoms. The molecule has 1 aliphatic carbocycles. The van der Waals surface area contributed by atoms with Gasteiger partial charge in [-0.15, -0.1) is 0 Å². The highest BCUT2D eigenvalue weighted by molar-refractivity contribution is 7.87. The highest BCUT2D eigenvalue weighted by Crippen LogP contribution is 2.26. The summed E-state index contributed by atoms with van der Waals surface area (Å²) in [7, 11) is -1.16. The highest BCUT2D eigenvalue weighted by Gasteiger charge is 2.31. The zero-order valence-corrected chi connectivity index (χ0v) is 10.1. The van der Waals surface area contributed by atoms with Gasteiger partial charge in [-0.3, -0.25) is 9.00 Å². The first-order valence-corrected chi connectivity index (χ1v) is 7.06. The van der Waals surface area contributed by atoms with Crippen molar-refractivity contribution in [2.45, 2.75) is 62.4 Å². The minimum absolute atomic E-state index is 0.142. The van der Waals surface area contributed by atoms with Crippen LogP contribution in [0.2, 0.25) is 0 Å². The van der Waals surface area contributed by atoms with Crippen LogP contribution in [0.15, 0.2) is 0 Å². The van der Waals surface area contributed by atoms with Gasteiger partial charge in [-0.2, -0.15) is 0 Å². The van der Waals surface area contributed by atoms with E-state index < -0.39 is 22.0 Å². The molecule has 1 rings (SSSR count). The van der Waals surface area contributed by atoms with Crippen LogP contribution in [0.4, 0.5) is 0 Å². The summed E-state index contributed by atoms with van der Waals surface area (Å²) in [5.74, 6) is -0.881. The maximum atomic E-state index is 12.0. The molecular weight excluding hydrogens is 212 g/mol. The van der Waals surface area contributed by atoms with Gasteiger partial charge in [-0.1, -0.05) is 32.6 Å². The second kappa shape index (κ2) is 6.26. The summed E-state index contributed by atoms with van der Waals surface area (Å²) in [5, 5.41) is 8.55. The maximum absolute atomic E-state index is 12.0. The normalized spacial score (nSPS) is 21.4. The number of carboxylic acid groups (broad SMARTS) is 1. The summed E-state index contributed by atoms with van der Waals surface area (Å²) in [4.78, 5) is 11.0. The Bertz CT molecular complexity index is 234. The van der Waals surface area contributed by atoms with E-state index in [1.807, 2.05) is 6.92 Å². The number of hydrogen-bond acceptors (Lipinski definition) is 2. The smallest absolute Gasteiger partial charge is 0.319 e. The molecule has 0 bridgehead atoms. The zero-order chi connectivity index (χ0) is 11.3. The third-order valence-electron chi connectivity index (χ3n) is 3.01. The van der Waals surface area contributed by atoms with Gasteiger partial charge in [0.05, 0.1) is 0 Å². The van der Waals surface area contributed by atoms with Crippen LogP contribution in [-0.4, -0.2) is 25.8 Å². The standard InChI is InChI=1S/C11H20O3S/c1-2-3-8-10(11(12)13)15(14)9-6-4-5-7-9/h9-10H,2-8H2,1H3,(H,12,13). The van der Waals surface area contributed by atoms with Crippen LogP contribution < -0.4 is 0 Å². The summed E-state index contributed by atoms with van der Waals surface area (Å²) in [6.07, 6.45) is 6.49. The monoisotopic (exact) mass is 232 g/mol. The van der Waals surface area contributed by atoms with Crippen molar-refractivity contribution in [1.29, 1.82) is 0 Å². The molecule has 2 atom stereocenters. The number of carboxylic acids is 1. The van der Waals surface area contributed by atoms with Gasteiger partial charge < -0.3 is 5.11 Å². The van der Waals surface area contributed by atoms with Crippen molar-refractivity contribution in [3.63, 3.8) is 0 Å². The maximum Gasteiger partial charge on any atom is 0.319 e. The molecule has 1 aliphatic rings. The Morgan fingerprint density at radius 2 is 2.07 bits per heavy atom. The van der Waals surface area contributed by atoms with Crippen LogP contribution in [-0.2, 0) is 15.6 Å². The molecule has 0 saturated heterocycles. The van der Waals surface area contributed by atoms with E-state index in [2.05, 4.69) is 0 Å². The van der Waals surface area contributed by atoms with Crippen LogP contribution in [0.3, 0.4) is 0 Å². The van der Waals surface area contributed by atoms with Crippen molar-refractivity contribution in [3.8, 4) is 0 Å². The first-order valence-electron chi connectivity index (χ1n) is 5.79. The van der Waals surface area contributed by atoms with Gasteiger partial charge in [0.15, 0.2) is 0 Å². The lowest BCUT2D eigenvalue weighted by Gasteiger charge is -2.16. The third-order valence-corrected chi connectivity index (χ3v) is 5.13. The lowest BCUT2D eigenvalue weighted by Crippen LogP contribution is -2.31. The SMILES string of the molecule is CCCCC(C(=O)O)S(=O)C1CCCC1. The van der Waals surface area contributed by atoms with Crippen LogP contribution in [0.1, 0.15) is 51.9 Å². The average molecular weight is 232 g/mol. The Labute approximate surface area is 93.7 Å². The fourth-order valence-corrected chi connectivity index (χ4v) is 3.94. The van der Waals surface area contributed by atoms with E-state index >= 15 is 0 Å². The molecule has 0 radical (unpaired) electrons. The van der Waals surface area contributed by atoms with Crippen LogP contribution in [0.5, 0.6) is 0 Å². The average Bonchev–Trinajstić information content (AvgIpc) is 2.70. The van der Waals surface area contributed by atoms with E-state index in [1.165, 1.54) is 0 Å². The fourth-order valence-electron chi connectivity index (χ4n) is 2.08. The Kier molecular flexibility index (Phi) is 5.29. The number of aliphatic carboxylic acids is 1. The quantitative estimate of drug-likeness (QED) is 0.764. The summed E-state index contributed by atoms with van der Waals surface area (Å²) in [5.41, 5.74) is 0. The fraction of sp³-hybridized carbons (Fsp3) is 0.909. The Balaban J connectivity index is 2.53. The molecule has 0 aromatic rings. The first kappa shape index (κ1) is 12.7. The molecule has 0 aliphatic heterocycles. The lowest BCUT2D eigenvalue weighted by atomic mass is 10.2. The molecular formula is C11H20O3S. The van der Waals surface area contributed by atoms with Crippen molar-refractivity contribution < 1.29 is 14.1 Å². The molecule has 1 fully saturated rings. The van der Waals surface area contributed by atoms with Crippen molar-refractivity contribution in [2.24, 2.45) is 0 Å². The molecule has 4 heteroatoms. The summed E-state index contributed by atoms with van der Waals surface area (Å²) < 4.78 is 12.0. The second-order valence-electron chi connectivity index (χ2n) is 4.20. The van der Waals surface area contributed by atoms with E-state index in [0.29, 0.717) is 6.42 Å². The van der Waals surface area contributed by atoms with Crippen molar-refractivity contribution >= 4 is 16.8 Å². The van der Waals surface area contributed by atoms with E-state index in [4.69, 9.17) is 5.11 Å². The predicted molar refractivity (Wildman–Crippen MR) is 61.3 cm³/mol. The molecule has 0 aromatic carbocycles. The third kappa shape index (κ3) is 3.59. The molecule has 15 heavy (non-hydrogen) atoms. The zero-order valence-electron chi connectivity index (χ0n) is 9.28. The Morgan fingerprint density at radius 3 is 2.53 bits per heavy atom. The van der Waals surface area contributed by atoms with Crippen LogP contribution in [0.25, 0.3) is 0 Å². The van der Waals surface area contributed by atoms with Gasteiger partial charge in [-0.25, -0.2) is 0 Å². The van der Waals surface area contributed by atoms with E-state index in [1.54, 1.807) is 0 Å². The van der Waals surface area contributed by atoms with Gasteiger partial charge in [0.25, 0.3) is 0 Å². The summed E-state index contributed by atoms with van der Waals surface area (Å²) in [6.45, 7) is 2.03. The van der Waals surface area contributed by atoms with E-state index in [0.717, 1.165) is 38.5 Å². The van der Waals surface area contributed by atoms with Gasteiger partial charge in [-0.05, 0) is 19.3 Å². The van der Waals surface area contributed by atoms with E-state index in [-0.39, 0.29) is 5.25 Å². The summed E-state index contributed by atoms with van der Waals surface area (Å²) >= 11 is 0. The lowest BCUT2D eigenvalue weighted by molar-refractivity contribution is -0.136. The highest BCUT2D eigenvalue weighted by atomic mass is 32.2. The minimum atomic E-state index is -1.16. The second-order valence-corrected chi connectivity index (χ2v) is 6.10. The number of carbonyl (C=O) groups is 1. The Morgan fingerprint density at radius 1 is 1.47 bits per heavy atom. The molecule has 1 N–H and O–H groups in total. The van der Waals surface area contributed by atoms with Crippen LogP contribution in [0, 0.1) is 0 Å². The predicted octanol–water partition coefficient (Wildman–Crippen LogP) is 2.32.